The van der Waals surface area contributed by atoms with Crippen LogP contribution in [0.15, 0.2) is 12.4 Å². The van der Waals surface area contributed by atoms with E-state index in [4.69, 9.17) is 23.2 Å². The number of carbonyl (C=O) groups excluding carboxylic acids is 1. The van der Waals surface area contributed by atoms with Crippen molar-refractivity contribution in [1.29, 1.82) is 0 Å². The lowest BCUT2D eigenvalue weighted by atomic mass is 10.3. The number of nitrogens with zero attached hydrogens (tertiary/aromatic N) is 5. The molecule has 6 nitrogen and oxygen atoms in total. The summed E-state index contributed by atoms with van der Waals surface area (Å²) in [6.45, 7) is 3.97. The average Bonchev–Trinajstić information content (AvgIpc) is 2.94. The number of amides is 1. The van der Waals surface area contributed by atoms with Crippen molar-refractivity contribution in [3.8, 4) is 0 Å². The molecule has 21 heavy (non-hydrogen) atoms. The highest BCUT2D eigenvalue weighted by atomic mass is 35.5. The Balaban J connectivity index is 2.12. The summed E-state index contributed by atoms with van der Waals surface area (Å²) in [6, 6.07) is -0.437. The Kier molecular flexibility index (Phi) is 4.58. The Hall–Kier alpha value is -1.53. The van der Waals surface area contributed by atoms with Crippen molar-refractivity contribution < 1.29 is 4.79 Å². The molecule has 0 radical (unpaired) electrons. The number of rotatable bonds is 4. The van der Waals surface area contributed by atoms with E-state index in [0.717, 1.165) is 5.69 Å². The molecule has 2 aromatic heterocycles. The van der Waals surface area contributed by atoms with E-state index >= 15 is 0 Å². The number of aryl methyl sites for hydroxylation is 2. The standard InChI is InChI=1S/C13H17Cl2N5O/c1-8-11(15)6-20(17-8)9(2)13(21)18(3)7-12-10(14)5-16-19(12)4/h5-6,9H,7H2,1-4H3. The first-order valence-electron chi connectivity index (χ1n) is 6.44. The van der Waals surface area contributed by atoms with Gasteiger partial charge < -0.3 is 4.90 Å². The molecular weight excluding hydrogens is 313 g/mol. The van der Waals surface area contributed by atoms with Crippen LogP contribution in [-0.2, 0) is 18.4 Å². The summed E-state index contributed by atoms with van der Waals surface area (Å²) in [5.74, 6) is -0.0774. The number of likely N-dealkylation sites (N-methyl/N-ethyl adjacent to an activating group) is 1. The molecule has 0 N–H and O–H groups in total. The zero-order valence-electron chi connectivity index (χ0n) is 12.3. The van der Waals surface area contributed by atoms with Crippen LogP contribution in [0.3, 0.4) is 0 Å². The molecule has 0 aliphatic heterocycles. The zero-order valence-corrected chi connectivity index (χ0v) is 13.9. The zero-order chi connectivity index (χ0) is 15.7. The van der Waals surface area contributed by atoms with Crippen molar-refractivity contribution in [3.63, 3.8) is 0 Å². The van der Waals surface area contributed by atoms with E-state index in [1.807, 2.05) is 0 Å². The molecule has 2 heterocycles. The molecule has 0 aliphatic carbocycles. The van der Waals surface area contributed by atoms with Gasteiger partial charge in [0.2, 0.25) is 5.91 Å². The normalized spacial score (nSPS) is 12.5. The SMILES string of the molecule is Cc1nn(C(C)C(=O)N(C)Cc2c(Cl)cnn2C)cc1Cl. The Morgan fingerprint density at radius 3 is 2.57 bits per heavy atom. The molecule has 0 fully saturated rings. The van der Waals surface area contributed by atoms with E-state index < -0.39 is 6.04 Å². The second-order valence-electron chi connectivity index (χ2n) is 4.98. The van der Waals surface area contributed by atoms with Gasteiger partial charge in [0.15, 0.2) is 0 Å². The molecule has 114 valence electrons. The van der Waals surface area contributed by atoms with E-state index in [1.54, 1.807) is 54.6 Å². The quantitative estimate of drug-likeness (QED) is 0.865. The summed E-state index contributed by atoms with van der Waals surface area (Å²) < 4.78 is 3.23. The monoisotopic (exact) mass is 329 g/mol. The highest BCUT2D eigenvalue weighted by Crippen LogP contribution is 2.19. The van der Waals surface area contributed by atoms with Crippen LogP contribution in [0.2, 0.25) is 10.0 Å². The van der Waals surface area contributed by atoms with Crippen molar-refractivity contribution >= 4 is 29.1 Å². The first kappa shape index (κ1) is 15.9. The second-order valence-corrected chi connectivity index (χ2v) is 5.79. The van der Waals surface area contributed by atoms with Gasteiger partial charge in [0.25, 0.3) is 0 Å². The Labute approximate surface area is 133 Å². The van der Waals surface area contributed by atoms with Crippen molar-refractivity contribution in [1.82, 2.24) is 24.5 Å². The van der Waals surface area contributed by atoms with Crippen LogP contribution in [0.25, 0.3) is 0 Å². The van der Waals surface area contributed by atoms with Gasteiger partial charge in [-0.1, -0.05) is 23.2 Å². The van der Waals surface area contributed by atoms with Crippen molar-refractivity contribution in [2.24, 2.45) is 7.05 Å². The van der Waals surface area contributed by atoms with E-state index in [2.05, 4.69) is 10.2 Å². The van der Waals surface area contributed by atoms with Crippen molar-refractivity contribution in [3.05, 3.63) is 33.8 Å². The van der Waals surface area contributed by atoms with Gasteiger partial charge in [-0.3, -0.25) is 14.2 Å². The lowest BCUT2D eigenvalue weighted by molar-refractivity contribution is -0.133. The van der Waals surface area contributed by atoms with Crippen LogP contribution in [0.5, 0.6) is 0 Å². The minimum atomic E-state index is -0.437. The van der Waals surface area contributed by atoms with Crippen molar-refractivity contribution in [2.75, 3.05) is 7.05 Å². The lowest BCUT2D eigenvalue weighted by Gasteiger charge is -2.21. The molecule has 0 bridgehead atoms. The molecule has 0 spiro atoms. The maximum Gasteiger partial charge on any atom is 0.247 e. The minimum absolute atomic E-state index is 0.0774. The van der Waals surface area contributed by atoms with E-state index in [0.29, 0.717) is 22.3 Å². The fraction of sp³-hybridized carbons (Fsp3) is 0.462. The number of halogens is 2. The molecule has 2 rings (SSSR count). The van der Waals surface area contributed by atoms with Crippen LogP contribution in [0.1, 0.15) is 24.4 Å². The predicted molar refractivity (Wildman–Crippen MR) is 81.4 cm³/mol. The fourth-order valence-corrected chi connectivity index (χ4v) is 2.37. The topological polar surface area (TPSA) is 56.0 Å². The van der Waals surface area contributed by atoms with E-state index in [1.165, 1.54) is 0 Å². The number of aromatic nitrogens is 4. The number of hydrogen-bond acceptors (Lipinski definition) is 3. The smallest absolute Gasteiger partial charge is 0.247 e. The van der Waals surface area contributed by atoms with E-state index in [9.17, 15) is 4.79 Å². The first-order chi connectivity index (χ1) is 9.81. The summed E-state index contributed by atoms with van der Waals surface area (Å²) in [7, 11) is 3.51. The van der Waals surface area contributed by atoms with Crippen LogP contribution in [0, 0.1) is 6.92 Å². The molecule has 0 saturated carbocycles. The van der Waals surface area contributed by atoms with Crippen LogP contribution >= 0.6 is 23.2 Å². The average molecular weight is 330 g/mol. The maximum atomic E-state index is 12.5. The van der Waals surface area contributed by atoms with Gasteiger partial charge in [0, 0.05) is 20.3 Å². The summed E-state index contributed by atoms with van der Waals surface area (Å²) in [4.78, 5) is 14.1. The third kappa shape index (κ3) is 3.22. The molecular formula is C13H17Cl2N5O. The summed E-state index contributed by atoms with van der Waals surface area (Å²) in [5, 5.41) is 9.39. The highest BCUT2D eigenvalue weighted by molar-refractivity contribution is 6.31. The molecule has 8 heteroatoms. The number of hydrogen-bond donors (Lipinski definition) is 0. The minimum Gasteiger partial charge on any atom is -0.338 e. The second kappa shape index (κ2) is 6.07. The molecule has 0 aromatic carbocycles. The van der Waals surface area contributed by atoms with Gasteiger partial charge in [0.05, 0.1) is 34.2 Å². The molecule has 1 unspecified atom stereocenters. The molecule has 1 atom stereocenters. The lowest BCUT2D eigenvalue weighted by Crippen LogP contribution is -2.33. The van der Waals surface area contributed by atoms with E-state index in [-0.39, 0.29) is 5.91 Å². The molecule has 0 aliphatic rings. The highest BCUT2D eigenvalue weighted by Gasteiger charge is 2.22. The summed E-state index contributed by atoms with van der Waals surface area (Å²) >= 11 is 12.0. The van der Waals surface area contributed by atoms with Gasteiger partial charge in [-0.05, 0) is 13.8 Å². The number of carbonyl (C=O) groups is 1. The van der Waals surface area contributed by atoms with Gasteiger partial charge in [-0.15, -0.1) is 0 Å². The maximum absolute atomic E-state index is 12.5. The third-order valence-corrected chi connectivity index (χ3v) is 4.07. The molecule has 2 aromatic rings. The Morgan fingerprint density at radius 2 is 2.10 bits per heavy atom. The molecule has 0 saturated heterocycles. The first-order valence-corrected chi connectivity index (χ1v) is 7.19. The van der Waals surface area contributed by atoms with Crippen LogP contribution in [-0.4, -0.2) is 37.4 Å². The van der Waals surface area contributed by atoms with Gasteiger partial charge in [0.1, 0.15) is 6.04 Å². The predicted octanol–water partition coefficient (Wildman–Crippen LogP) is 2.45. The van der Waals surface area contributed by atoms with Crippen LogP contribution in [0.4, 0.5) is 0 Å². The fourth-order valence-electron chi connectivity index (χ4n) is 2.01. The van der Waals surface area contributed by atoms with Gasteiger partial charge in [-0.25, -0.2) is 0 Å². The van der Waals surface area contributed by atoms with Crippen LogP contribution < -0.4 is 0 Å². The van der Waals surface area contributed by atoms with Crippen molar-refractivity contribution in [2.45, 2.75) is 26.4 Å². The summed E-state index contributed by atoms with van der Waals surface area (Å²) in [5.41, 5.74) is 1.49. The van der Waals surface area contributed by atoms with Gasteiger partial charge in [-0.2, -0.15) is 10.2 Å². The largest absolute Gasteiger partial charge is 0.338 e. The third-order valence-electron chi connectivity index (χ3n) is 3.38. The Morgan fingerprint density at radius 1 is 1.43 bits per heavy atom. The summed E-state index contributed by atoms with van der Waals surface area (Å²) in [6.07, 6.45) is 3.22. The Bertz CT molecular complexity index is 625. The molecule has 1 amide bonds. The van der Waals surface area contributed by atoms with Gasteiger partial charge >= 0.3 is 0 Å².